The summed E-state index contributed by atoms with van der Waals surface area (Å²) in [6.45, 7) is -0.0210. The van der Waals surface area contributed by atoms with Gasteiger partial charge in [-0.15, -0.1) is 0 Å². The van der Waals surface area contributed by atoms with Gasteiger partial charge in [0.25, 0.3) is 0 Å². The Labute approximate surface area is 142 Å². The molecule has 9 nitrogen and oxygen atoms in total. The highest BCUT2D eigenvalue weighted by Gasteiger charge is 2.48. The van der Waals surface area contributed by atoms with Crippen molar-refractivity contribution in [3.8, 4) is 5.75 Å². The summed E-state index contributed by atoms with van der Waals surface area (Å²) in [5, 5.41) is 48.4. The molecule has 1 fully saturated rings. The Morgan fingerprint density at radius 1 is 1.20 bits per heavy atom. The van der Waals surface area contributed by atoms with E-state index in [2.05, 4.69) is 4.98 Å². The van der Waals surface area contributed by atoms with E-state index in [9.17, 15) is 20.1 Å². The van der Waals surface area contributed by atoms with Crippen LogP contribution in [0.15, 0.2) is 24.4 Å². The number of aromatic amines is 1. The molecule has 1 aromatic heterocycles. The first-order chi connectivity index (χ1) is 11.9. The van der Waals surface area contributed by atoms with Crippen LogP contribution < -0.4 is 4.74 Å². The van der Waals surface area contributed by atoms with Crippen molar-refractivity contribution >= 4 is 16.9 Å². The highest BCUT2D eigenvalue weighted by atomic mass is 16.7. The summed E-state index contributed by atoms with van der Waals surface area (Å²) < 4.78 is 10.6. The number of carboxylic acid groups (broad SMARTS) is 1. The van der Waals surface area contributed by atoms with Crippen LogP contribution in [0.2, 0.25) is 0 Å². The van der Waals surface area contributed by atoms with Gasteiger partial charge < -0.3 is 40.0 Å². The van der Waals surface area contributed by atoms with Gasteiger partial charge in [0.1, 0.15) is 24.1 Å². The molecule has 1 aromatic carbocycles. The lowest BCUT2D eigenvalue weighted by atomic mass is 9.99. The maximum absolute atomic E-state index is 11.1. The fraction of sp³-hybridized carbons (Fsp3) is 0.438. The molecule has 0 aliphatic carbocycles. The summed E-state index contributed by atoms with van der Waals surface area (Å²) in [5.41, 5.74) is 1.69. The van der Waals surface area contributed by atoms with Crippen LogP contribution in [0.3, 0.4) is 0 Å². The monoisotopic (exact) mass is 353 g/mol. The molecule has 2 aromatic rings. The zero-order valence-corrected chi connectivity index (χ0v) is 13.1. The second kappa shape index (κ2) is 6.98. The Morgan fingerprint density at radius 3 is 2.64 bits per heavy atom. The predicted molar refractivity (Wildman–Crippen MR) is 84.0 cm³/mol. The number of aliphatic carboxylic acids is 1. The molecule has 25 heavy (non-hydrogen) atoms. The molecule has 0 radical (unpaired) electrons. The molecule has 3 unspecified atom stereocenters. The van der Waals surface area contributed by atoms with E-state index in [1.54, 1.807) is 24.4 Å². The van der Waals surface area contributed by atoms with E-state index in [0.717, 1.165) is 16.5 Å². The third kappa shape index (κ3) is 3.32. The molecule has 3 rings (SSSR count). The smallest absolute Gasteiger partial charge is 0.335 e. The molecule has 0 saturated carbocycles. The van der Waals surface area contributed by atoms with Crippen molar-refractivity contribution in [2.75, 3.05) is 6.61 Å². The van der Waals surface area contributed by atoms with Crippen LogP contribution in [0.1, 0.15) is 5.56 Å². The average molecular weight is 353 g/mol. The molecule has 0 amide bonds. The van der Waals surface area contributed by atoms with Crippen molar-refractivity contribution in [1.29, 1.82) is 0 Å². The number of benzene rings is 1. The molecule has 0 spiro atoms. The Balaban J connectivity index is 1.84. The number of carbonyl (C=O) groups is 1. The minimum Gasteiger partial charge on any atom is -0.479 e. The van der Waals surface area contributed by atoms with Crippen LogP contribution in [0.25, 0.3) is 10.9 Å². The van der Waals surface area contributed by atoms with Crippen LogP contribution in [-0.2, 0) is 16.0 Å². The van der Waals surface area contributed by atoms with Gasteiger partial charge in [-0.3, -0.25) is 0 Å². The third-order valence-electron chi connectivity index (χ3n) is 4.19. The minimum atomic E-state index is -1.77. The summed E-state index contributed by atoms with van der Waals surface area (Å²) in [4.78, 5) is 14.2. The Hall–Kier alpha value is -2.17. The van der Waals surface area contributed by atoms with Gasteiger partial charge >= 0.3 is 5.97 Å². The van der Waals surface area contributed by atoms with E-state index in [1.807, 2.05) is 0 Å². The zero-order chi connectivity index (χ0) is 18.1. The Morgan fingerprint density at radius 2 is 1.96 bits per heavy atom. The number of ether oxygens (including phenoxy) is 2. The van der Waals surface area contributed by atoms with Gasteiger partial charge in [0, 0.05) is 23.7 Å². The minimum absolute atomic E-state index is 0.0210. The van der Waals surface area contributed by atoms with Crippen molar-refractivity contribution in [3.05, 3.63) is 30.0 Å². The number of nitrogens with one attached hydrogen (secondary N) is 1. The Bertz CT molecular complexity index is 760. The van der Waals surface area contributed by atoms with Gasteiger partial charge in [-0.1, -0.05) is 0 Å². The highest BCUT2D eigenvalue weighted by molar-refractivity contribution is 5.84. The molecule has 1 aliphatic rings. The van der Waals surface area contributed by atoms with Gasteiger partial charge in [0.05, 0.1) is 0 Å². The summed E-state index contributed by atoms with van der Waals surface area (Å²) in [5.74, 6) is -1.19. The molecule has 136 valence electrons. The molecule has 6 N–H and O–H groups in total. The van der Waals surface area contributed by atoms with Crippen molar-refractivity contribution < 1.29 is 39.8 Å². The molecule has 5 atom stereocenters. The van der Waals surface area contributed by atoms with Gasteiger partial charge in [0.15, 0.2) is 6.10 Å². The highest BCUT2D eigenvalue weighted by Crippen LogP contribution is 2.28. The lowest BCUT2D eigenvalue weighted by Crippen LogP contribution is -2.61. The summed E-state index contributed by atoms with van der Waals surface area (Å²) >= 11 is 0. The fourth-order valence-electron chi connectivity index (χ4n) is 2.84. The van der Waals surface area contributed by atoms with Crippen molar-refractivity contribution in [2.24, 2.45) is 0 Å². The van der Waals surface area contributed by atoms with Gasteiger partial charge in [-0.2, -0.15) is 0 Å². The van der Waals surface area contributed by atoms with E-state index < -0.39 is 36.7 Å². The first kappa shape index (κ1) is 17.6. The zero-order valence-electron chi connectivity index (χ0n) is 13.1. The van der Waals surface area contributed by atoms with Crippen LogP contribution in [0.4, 0.5) is 0 Å². The molecular formula is C16H19NO8. The van der Waals surface area contributed by atoms with Crippen LogP contribution in [0, 0.1) is 0 Å². The normalized spacial score (nSPS) is 29.7. The standard InChI is InChI=1S/C16H19NO8/c18-4-3-7-6-17-10-2-1-8(5-9(7)10)24-16-13(21)11(19)12(20)14(25-16)15(22)23/h1-2,5-6,11-14,16-21H,3-4H2,(H,22,23)/t11?,12-,13?,14?,16-/m1/s1. The quantitative estimate of drug-likeness (QED) is 0.399. The van der Waals surface area contributed by atoms with Gasteiger partial charge in [0.2, 0.25) is 6.29 Å². The number of aliphatic hydroxyl groups is 4. The van der Waals surface area contributed by atoms with Crippen molar-refractivity contribution in [2.45, 2.75) is 37.1 Å². The number of H-pyrrole nitrogens is 1. The van der Waals surface area contributed by atoms with Gasteiger partial charge in [-0.25, -0.2) is 4.79 Å². The topological polar surface area (TPSA) is 152 Å². The van der Waals surface area contributed by atoms with E-state index in [0.29, 0.717) is 6.42 Å². The lowest BCUT2D eigenvalue weighted by Gasteiger charge is -2.38. The summed E-state index contributed by atoms with van der Waals surface area (Å²) in [6.07, 6.45) is -6.09. The molecule has 1 aliphatic heterocycles. The predicted octanol–water partition coefficient (Wildman–Crippen LogP) is -1.03. The van der Waals surface area contributed by atoms with E-state index in [1.165, 1.54) is 0 Å². The molecule has 2 heterocycles. The van der Waals surface area contributed by atoms with Gasteiger partial charge in [-0.05, 0) is 30.2 Å². The fourth-order valence-corrected chi connectivity index (χ4v) is 2.84. The number of hydrogen-bond donors (Lipinski definition) is 6. The third-order valence-corrected chi connectivity index (χ3v) is 4.19. The SMILES string of the molecule is O=C(O)C1O[C@@H](Oc2ccc3[nH]cc(CCO)c3c2)C(O)C(O)[C@H]1O. The van der Waals surface area contributed by atoms with Crippen LogP contribution >= 0.6 is 0 Å². The van der Waals surface area contributed by atoms with E-state index in [4.69, 9.17) is 19.7 Å². The van der Waals surface area contributed by atoms with E-state index >= 15 is 0 Å². The number of aliphatic hydroxyl groups excluding tert-OH is 4. The largest absolute Gasteiger partial charge is 0.479 e. The number of fused-ring (bicyclic) bond motifs is 1. The first-order valence-electron chi connectivity index (χ1n) is 7.72. The van der Waals surface area contributed by atoms with E-state index in [-0.39, 0.29) is 12.4 Å². The van der Waals surface area contributed by atoms with Crippen LogP contribution in [0.5, 0.6) is 5.75 Å². The number of rotatable bonds is 5. The van der Waals surface area contributed by atoms with Crippen molar-refractivity contribution in [3.63, 3.8) is 0 Å². The molecule has 9 heteroatoms. The second-order valence-corrected chi connectivity index (χ2v) is 5.85. The first-order valence-corrected chi connectivity index (χ1v) is 7.72. The lowest BCUT2D eigenvalue weighted by molar-refractivity contribution is -0.271. The molecule has 0 bridgehead atoms. The van der Waals surface area contributed by atoms with Crippen LogP contribution in [-0.4, -0.2) is 73.8 Å². The number of hydrogen-bond acceptors (Lipinski definition) is 7. The number of carboxylic acids is 1. The summed E-state index contributed by atoms with van der Waals surface area (Å²) in [6, 6.07) is 4.96. The maximum atomic E-state index is 11.1. The average Bonchev–Trinajstić information content (AvgIpc) is 2.98. The number of aromatic nitrogens is 1. The second-order valence-electron chi connectivity index (χ2n) is 5.85. The van der Waals surface area contributed by atoms with Crippen molar-refractivity contribution in [1.82, 2.24) is 4.98 Å². The molecular weight excluding hydrogens is 334 g/mol. The molecule has 1 saturated heterocycles. The maximum Gasteiger partial charge on any atom is 0.335 e. The Kier molecular flexibility index (Phi) is 4.93. The summed E-state index contributed by atoms with van der Waals surface area (Å²) in [7, 11) is 0.